The molecule has 0 aromatic heterocycles. The third-order valence-corrected chi connectivity index (χ3v) is 8.32. The molecule has 5 heteroatoms. The maximum Gasteiger partial charge on any atom is 0.336 e. The summed E-state index contributed by atoms with van der Waals surface area (Å²) in [6, 6.07) is 20.5. The number of carbonyl (C=O) groups is 1. The lowest BCUT2D eigenvalue weighted by atomic mass is 9.90. The third-order valence-electron chi connectivity index (χ3n) is 8.32. The Bertz CT molecular complexity index is 1460. The summed E-state index contributed by atoms with van der Waals surface area (Å²) in [6.07, 6.45) is 1.08. The van der Waals surface area contributed by atoms with Gasteiger partial charge in [0.05, 0.1) is 30.8 Å². The zero-order valence-corrected chi connectivity index (χ0v) is 23.0. The van der Waals surface area contributed by atoms with E-state index in [-0.39, 0.29) is 0 Å². The minimum atomic E-state index is -0.932. The summed E-state index contributed by atoms with van der Waals surface area (Å²) in [4.78, 5) is 12.2. The molecular weight excluding hydrogens is 460 g/mol. The van der Waals surface area contributed by atoms with Gasteiger partial charge in [0.25, 0.3) is 0 Å². The summed E-state index contributed by atoms with van der Waals surface area (Å²) in [5.74, 6) is -0.169. The fourth-order valence-electron chi connectivity index (χ4n) is 5.92. The molecule has 194 valence electrons. The highest BCUT2D eigenvalue weighted by atomic mass is 16.4. The topological polar surface area (TPSA) is 53.4 Å². The zero-order valence-electron chi connectivity index (χ0n) is 23.0. The van der Waals surface area contributed by atoms with Gasteiger partial charge in [-0.05, 0) is 64.8 Å². The van der Waals surface area contributed by atoms with E-state index in [1.54, 1.807) is 12.1 Å². The second-order valence-corrected chi connectivity index (χ2v) is 9.78. The second-order valence-electron chi connectivity index (χ2n) is 9.78. The standard InChI is InChI=1S/C32H39N2O3/c1-7-22(6)34(10-4,11-5)24-17-19-28-30(21-24)37-29-20-23(33(8-2)9-3)16-18-27(29)31(28)25-14-12-13-15-26(25)32(35)36/h12-22H,7-11H2,1-6H3/q+1/p+1. The Morgan fingerprint density at radius 3 is 2.24 bits per heavy atom. The number of carboxylic acid groups (broad SMARTS) is 1. The van der Waals surface area contributed by atoms with Gasteiger partial charge in [0, 0.05) is 34.7 Å². The Hall–Kier alpha value is -3.44. The lowest BCUT2D eigenvalue weighted by molar-refractivity contribution is 0.0697. The maximum atomic E-state index is 12.2. The number of hydrogen-bond donors (Lipinski definition) is 1. The largest absolute Gasteiger partial charge is 0.478 e. The molecule has 1 atom stereocenters. The van der Waals surface area contributed by atoms with Crippen molar-refractivity contribution in [1.29, 1.82) is 0 Å². The van der Waals surface area contributed by atoms with Crippen molar-refractivity contribution >= 4 is 22.6 Å². The summed E-state index contributed by atoms with van der Waals surface area (Å²) in [5, 5.41) is 12.0. The van der Waals surface area contributed by atoms with Crippen molar-refractivity contribution in [3.63, 3.8) is 0 Å². The predicted molar refractivity (Wildman–Crippen MR) is 154 cm³/mol. The summed E-state index contributed by atoms with van der Waals surface area (Å²) in [7, 11) is 0. The van der Waals surface area contributed by atoms with Gasteiger partial charge >= 0.3 is 5.97 Å². The molecule has 37 heavy (non-hydrogen) atoms. The van der Waals surface area contributed by atoms with Crippen LogP contribution in [0.5, 0.6) is 0 Å². The van der Waals surface area contributed by atoms with Crippen molar-refractivity contribution in [3.8, 4) is 22.5 Å². The van der Waals surface area contributed by atoms with Gasteiger partial charge in [0.2, 0.25) is 5.36 Å². The summed E-state index contributed by atoms with van der Waals surface area (Å²) in [5.41, 5.74) is 4.83. The van der Waals surface area contributed by atoms with E-state index in [1.807, 2.05) is 12.1 Å². The molecule has 0 amide bonds. The molecular formula is C32H40N2O3+2. The molecule has 1 aliphatic heterocycles. The third kappa shape index (κ3) is 4.57. The van der Waals surface area contributed by atoms with E-state index >= 15 is 0 Å². The number of fused-ring (bicyclic) bond motifs is 2. The van der Waals surface area contributed by atoms with E-state index in [1.165, 1.54) is 5.69 Å². The Morgan fingerprint density at radius 2 is 1.62 bits per heavy atom. The molecule has 2 aromatic rings. The Kier molecular flexibility index (Phi) is 7.84. The van der Waals surface area contributed by atoms with Crippen LogP contribution < -0.4 is 14.4 Å². The van der Waals surface area contributed by atoms with Gasteiger partial charge in [-0.3, -0.25) is 4.48 Å². The molecule has 1 heterocycles. The number of rotatable bonds is 9. The minimum absolute atomic E-state index is 0.292. The number of carboxylic acids is 1. The van der Waals surface area contributed by atoms with Crippen molar-refractivity contribution in [1.82, 2.24) is 9.06 Å². The molecule has 0 saturated carbocycles. The highest BCUT2D eigenvalue weighted by Crippen LogP contribution is 2.43. The average Bonchev–Trinajstić information content (AvgIpc) is 2.93. The van der Waals surface area contributed by atoms with Crippen molar-refractivity contribution in [2.24, 2.45) is 0 Å². The first-order valence-electron chi connectivity index (χ1n) is 13.6. The molecule has 0 bridgehead atoms. The number of hydrogen-bond acceptors (Lipinski definition) is 2. The highest BCUT2D eigenvalue weighted by molar-refractivity contribution is 6.07. The molecule has 2 aromatic carbocycles. The second kappa shape index (κ2) is 10.9. The first kappa shape index (κ1) is 26.6. The first-order valence-corrected chi connectivity index (χ1v) is 13.6. The molecule has 1 N–H and O–H groups in total. The molecule has 0 fully saturated rings. The van der Waals surface area contributed by atoms with Crippen LogP contribution in [0.25, 0.3) is 33.4 Å². The monoisotopic (exact) mass is 500 g/mol. The predicted octanol–water partition coefficient (Wildman–Crippen LogP) is 6.86. The van der Waals surface area contributed by atoms with Crippen molar-refractivity contribution in [2.75, 3.05) is 26.2 Å². The van der Waals surface area contributed by atoms with Crippen LogP contribution in [0.2, 0.25) is 0 Å². The molecule has 0 saturated heterocycles. The van der Waals surface area contributed by atoms with Crippen LogP contribution in [-0.2, 0) is 0 Å². The van der Waals surface area contributed by atoms with E-state index in [4.69, 9.17) is 4.42 Å². The van der Waals surface area contributed by atoms with Crippen LogP contribution in [-0.4, -0.2) is 43.3 Å². The van der Waals surface area contributed by atoms with Gasteiger partial charge in [-0.25, -0.2) is 9.37 Å². The van der Waals surface area contributed by atoms with Gasteiger partial charge in [-0.1, -0.05) is 25.1 Å². The smallest absolute Gasteiger partial charge is 0.336 e. The SMILES string of the molecule is CCC(C)[N+](CC)(CC)c1ccc2c(-c3ccccc3C(=O)O)c3ccc(=[N+](CC)CC)cc-3oc2c1. The maximum absolute atomic E-state index is 12.2. The first-order chi connectivity index (χ1) is 17.8. The van der Waals surface area contributed by atoms with Crippen molar-refractivity contribution in [2.45, 2.75) is 54.0 Å². The highest BCUT2D eigenvalue weighted by Gasteiger charge is 2.33. The number of benzene rings is 3. The molecule has 0 spiro atoms. The fraction of sp³-hybridized carbons (Fsp3) is 0.375. The van der Waals surface area contributed by atoms with Crippen molar-refractivity contribution in [3.05, 3.63) is 71.6 Å². The van der Waals surface area contributed by atoms with Crippen LogP contribution in [0.15, 0.2) is 65.1 Å². The lowest BCUT2D eigenvalue weighted by Gasteiger charge is -2.41. The van der Waals surface area contributed by atoms with E-state index < -0.39 is 5.97 Å². The van der Waals surface area contributed by atoms with Crippen LogP contribution in [0, 0.1) is 0 Å². The van der Waals surface area contributed by atoms with E-state index in [9.17, 15) is 9.90 Å². The van der Waals surface area contributed by atoms with Gasteiger partial charge < -0.3 is 9.52 Å². The summed E-state index contributed by atoms with van der Waals surface area (Å²) < 4.78 is 9.81. The van der Waals surface area contributed by atoms with Crippen LogP contribution in [0.4, 0.5) is 5.69 Å². The number of aromatic carboxylic acids is 1. The van der Waals surface area contributed by atoms with Crippen molar-refractivity contribution < 1.29 is 14.3 Å². The van der Waals surface area contributed by atoms with E-state index in [0.29, 0.717) is 17.2 Å². The number of nitrogens with zero attached hydrogens (tertiary/aromatic N) is 2. The quantitative estimate of drug-likeness (QED) is 0.155. The van der Waals surface area contributed by atoms with Crippen LogP contribution >= 0.6 is 0 Å². The zero-order chi connectivity index (χ0) is 26.7. The molecule has 2 aliphatic rings. The van der Waals surface area contributed by atoms with Crippen LogP contribution in [0.3, 0.4) is 0 Å². The fourth-order valence-corrected chi connectivity index (χ4v) is 5.92. The van der Waals surface area contributed by atoms with Gasteiger partial charge in [0.15, 0.2) is 0 Å². The molecule has 4 rings (SSSR count). The van der Waals surface area contributed by atoms with Crippen LogP contribution in [0.1, 0.15) is 58.3 Å². The summed E-state index contributed by atoms with van der Waals surface area (Å²) >= 11 is 0. The van der Waals surface area contributed by atoms with E-state index in [2.05, 4.69) is 82.5 Å². The molecule has 1 aliphatic carbocycles. The number of quaternary nitrogens is 1. The Balaban J connectivity index is 2.15. The average molecular weight is 501 g/mol. The minimum Gasteiger partial charge on any atom is -0.478 e. The lowest BCUT2D eigenvalue weighted by Crippen LogP contribution is -2.55. The van der Waals surface area contributed by atoms with Gasteiger partial charge in [-0.15, -0.1) is 0 Å². The van der Waals surface area contributed by atoms with Gasteiger partial charge in [-0.2, -0.15) is 0 Å². The molecule has 1 unspecified atom stereocenters. The summed E-state index contributed by atoms with van der Waals surface area (Å²) in [6.45, 7) is 17.1. The molecule has 5 nitrogen and oxygen atoms in total. The van der Waals surface area contributed by atoms with Gasteiger partial charge in [0.1, 0.15) is 30.1 Å². The Morgan fingerprint density at radius 1 is 0.919 bits per heavy atom. The Labute approximate surface area is 220 Å². The van der Waals surface area contributed by atoms with E-state index in [0.717, 1.165) is 70.3 Å². The normalized spacial score (nSPS) is 12.7. The molecule has 0 radical (unpaired) electrons.